The van der Waals surface area contributed by atoms with E-state index in [1.165, 1.54) is 6.33 Å². The minimum Gasteiger partial charge on any atom is -0.507 e. The SMILES string of the molecule is CC[C@@H](Cc1ccccc1)c1cc(O)c([C@@H](c2cccc(NC(=O)[C@H](Cc3cnc[nH]3)NC(=O)OC(C)(C)C)c2)C2CC2)c(=O)o1. The normalized spacial score (nSPS) is 15.0. The van der Waals surface area contributed by atoms with Crippen LogP contribution in [0.4, 0.5) is 10.5 Å². The molecule has 1 saturated carbocycles. The molecule has 0 unspecified atom stereocenters. The number of aromatic nitrogens is 2. The highest BCUT2D eigenvalue weighted by Crippen LogP contribution is 2.48. The molecule has 1 fully saturated rings. The first-order valence-corrected chi connectivity index (χ1v) is 15.8. The van der Waals surface area contributed by atoms with Gasteiger partial charge in [0.1, 0.15) is 23.2 Å². The highest BCUT2D eigenvalue weighted by Gasteiger charge is 2.38. The zero-order valence-electron chi connectivity index (χ0n) is 26.7. The summed E-state index contributed by atoms with van der Waals surface area (Å²) < 4.78 is 11.3. The van der Waals surface area contributed by atoms with Crippen LogP contribution in [0, 0.1) is 5.92 Å². The number of aromatic amines is 1. The third-order valence-corrected chi connectivity index (χ3v) is 8.11. The van der Waals surface area contributed by atoms with Crippen molar-refractivity contribution in [2.24, 2.45) is 5.92 Å². The van der Waals surface area contributed by atoms with E-state index < -0.39 is 35.2 Å². The molecule has 0 radical (unpaired) electrons. The number of rotatable bonds is 12. The van der Waals surface area contributed by atoms with Gasteiger partial charge < -0.3 is 29.9 Å². The summed E-state index contributed by atoms with van der Waals surface area (Å²) in [5.74, 6) is -0.372. The van der Waals surface area contributed by atoms with Crippen LogP contribution in [0.1, 0.15) is 86.9 Å². The first-order chi connectivity index (χ1) is 22.0. The molecule has 2 amide bonds. The van der Waals surface area contributed by atoms with Gasteiger partial charge in [0.2, 0.25) is 5.91 Å². The van der Waals surface area contributed by atoms with Gasteiger partial charge in [-0.25, -0.2) is 14.6 Å². The maximum Gasteiger partial charge on any atom is 0.408 e. The molecule has 1 aliphatic carbocycles. The summed E-state index contributed by atoms with van der Waals surface area (Å²) in [4.78, 5) is 46.6. The number of imidazole rings is 1. The maximum absolute atomic E-state index is 13.5. The van der Waals surface area contributed by atoms with Gasteiger partial charge in [0.05, 0.1) is 11.9 Å². The summed E-state index contributed by atoms with van der Waals surface area (Å²) in [7, 11) is 0. The van der Waals surface area contributed by atoms with Crippen LogP contribution in [0.5, 0.6) is 5.75 Å². The van der Waals surface area contributed by atoms with E-state index in [4.69, 9.17) is 9.15 Å². The third kappa shape index (κ3) is 8.44. The molecule has 0 bridgehead atoms. The van der Waals surface area contributed by atoms with Gasteiger partial charge in [0, 0.05) is 41.9 Å². The zero-order valence-corrected chi connectivity index (χ0v) is 26.7. The first kappa shape index (κ1) is 32.5. The minimum atomic E-state index is -0.954. The molecular formula is C36H42N4O6. The monoisotopic (exact) mass is 626 g/mol. The van der Waals surface area contributed by atoms with Gasteiger partial charge in [0.25, 0.3) is 0 Å². The van der Waals surface area contributed by atoms with Crippen molar-refractivity contribution in [2.75, 3.05) is 5.32 Å². The van der Waals surface area contributed by atoms with Gasteiger partial charge in [0.15, 0.2) is 0 Å². The van der Waals surface area contributed by atoms with Crippen molar-refractivity contribution in [2.45, 2.75) is 83.3 Å². The van der Waals surface area contributed by atoms with Gasteiger partial charge in [-0.05, 0) is 75.6 Å². The fourth-order valence-electron chi connectivity index (χ4n) is 5.76. The maximum atomic E-state index is 13.5. The van der Waals surface area contributed by atoms with Crippen LogP contribution >= 0.6 is 0 Å². The Bertz CT molecular complexity index is 1690. The minimum absolute atomic E-state index is 0.0584. The van der Waals surface area contributed by atoms with Gasteiger partial charge in [-0.15, -0.1) is 0 Å². The second kappa shape index (κ2) is 14.1. The van der Waals surface area contributed by atoms with E-state index in [1.807, 2.05) is 43.3 Å². The lowest BCUT2D eigenvalue weighted by Gasteiger charge is -2.23. The number of amides is 2. The Hall–Kier alpha value is -4.86. The smallest absolute Gasteiger partial charge is 0.408 e. The fraction of sp³-hybridized carbons (Fsp3) is 0.389. The average molecular weight is 627 g/mol. The number of nitrogens with zero attached hydrogens (tertiary/aromatic N) is 1. The number of nitrogens with one attached hydrogen (secondary N) is 3. The van der Waals surface area contributed by atoms with Gasteiger partial charge >= 0.3 is 11.7 Å². The van der Waals surface area contributed by atoms with Crippen molar-refractivity contribution in [3.05, 3.63) is 112 Å². The number of ether oxygens (including phenoxy) is 1. The van der Waals surface area contributed by atoms with Gasteiger partial charge in [-0.3, -0.25) is 4.79 Å². The molecule has 0 saturated heterocycles. The molecule has 2 heterocycles. The number of anilines is 1. The van der Waals surface area contributed by atoms with E-state index in [9.17, 15) is 19.5 Å². The largest absolute Gasteiger partial charge is 0.507 e. The number of benzene rings is 2. The van der Waals surface area contributed by atoms with Crippen LogP contribution in [0.25, 0.3) is 0 Å². The Labute approximate surface area is 268 Å². The molecule has 0 aliphatic heterocycles. The van der Waals surface area contributed by atoms with Gasteiger partial charge in [-0.1, -0.05) is 49.4 Å². The highest BCUT2D eigenvalue weighted by atomic mass is 16.6. The number of hydrogen-bond acceptors (Lipinski definition) is 7. The molecule has 2 aromatic heterocycles. The molecule has 1 aliphatic rings. The Kier molecular flexibility index (Phi) is 9.94. The average Bonchev–Trinajstić information content (AvgIpc) is 3.71. The quantitative estimate of drug-likeness (QED) is 0.142. The van der Waals surface area contributed by atoms with E-state index >= 15 is 0 Å². The molecule has 10 heteroatoms. The first-order valence-electron chi connectivity index (χ1n) is 15.8. The van der Waals surface area contributed by atoms with Crippen molar-refractivity contribution in [3.63, 3.8) is 0 Å². The molecule has 4 aromatic rings. The number of aromatic hydroxyl groups is 1. The molecule has 4 N–H and O–H groups in total. The van der Waals surface area contributed by atoms with Crippen molar-refractivity contribution in [1.29, 1.82) is 0 Å². The number of carbonyl (C=O) groups is 2. The Morgan fingerprint density at radius 1 is 1.09 bits per heavy atom. The summed E-state index contributed by atoms with van der Waals surface area (Å²) >= 11 is 0. The van der Waals surface area contributed by atoms with Gasteiger partial charge in [-0.2, -0.15) is 0 Å². The topological polar surface area (TPSA) is 147 Å². The standard InChI is InChI=1S/C36H42N4O6/c1-5-23(16-22-10-7-6-8-11-22)30-19-29(41)32(34(43)45-30)31(24-14-15-24)25-12-9-13-26(17-25)39-33(42)28(18-27-20-37-21-38-27)40-35(44)46-36(2,3)4/h6-13,17,19-21,23-24,28,31,41H,5,14-16,18H2,1-4H3,(H,37,38)(H,39,42)(H,40,44)/t23-,28-,31+/m0/s1. The van der Waals surface area contributed by atoms with Crippen LogP contribution in [-0.4, -0.2) is 38.7 Å². The zero-order chi connectivity index (χ0) is 32.8. The predicted octanol–water partition coefficient (Wildman–Crippen LogP) is 6.42. The van der Waals surface area contributed by atoms with Crippen LogP contribution in [-0.2, 0) is 22.4 Å². The van der Waals surface area contributed by atoms with Crippen molar-refractivity contribution >= 4 is 17.7 Å². The summed E-state index contributed by atoms with van der Waals surface area (Å²) in [6.45, 7) is 7.28. The van der Waals surface area contributed by atoms with Crippen LogP contribution in [0.2, 0.25) is 0 Å². The third-order valence-electron chi connectivity index (χ3n) is 8.11. The second-order valence-electron chi connectivity index (χ2n) is 12.9. The molecule has 0 spiro atoms. The molecule has 3 atom stereocenters. The molecule has 10 nitrogen and oxygen atoms in total. The Morgan fingerprint density at radius 2 is 1.85 bits per heavy atom. The molecular weight excluding hydrogens is 584 g/mol. The van der Waals surface area contributed by atoms with Crippen molar-refractivity contribution in [1.82, 2.24) is 15.3 Å². The molecule has 242 valence electrons. The second-order valence-corrected chi connectivity index (χ2v) is 12.9. The lowest BCUT2D eigenvalue weighted by atomic mass is 9.86. The lowest BCUT2D eigenvalue weighted by molar-refractivity contribution is -0.118. The summed E-state index contributed by atoms with van der Waals surface area (Å²) in [5.41, 5.74) is 2.00. The summed E-state index contributed by atoms with van der Waals surface area (Å²) in [6, 6.07) is 17.9. The Balaban J connectivity index is 1.38. The van der Waals surface area contributed by atoms with Crippen molar-refractivity contribution in [3.8, 4) is 5.75 Å². The van der Waals surface area contributed by atoms with E-state index in [1.54, 1.807) is 51.2 Å². The molecule has 2 aromatic carbocycles. The van der Waals surface area contributed by atoms with E-state index in [0.717, 1.165) is 30.4 Å². The molecule has 5 rings (SSSR count). The van der Waals surface area contributed by atoms with E-state index in [2.05, 4.69) is 20.6 Å². The fourth-order valence-corrected chi connectivity index (χ4v) is 5.76. The predicted molar refractivity (Wildman–Crippen MR) is 175 cm³/mol. The number of hydrogen-bond donors (Lipinski definition) is 4. The van der Waals surface area contributed by atoms with Crippen LogP contribution in [0.3, 0.4) is 0 Å². The highest BCUT2D eigenvalue weighted by molar-refractivity contribution is 5.96. The van der Waals surface area contributed by atoms with Crippen LogP contribution < -0.4 is 16.3 Å². The van der Waals surface area contributed by atoms with Crippen LogP contribution in [0.15, 0.2) is 82.4 Å². The van der Waals surface area contributed by atoms with Crippen molar-refractivity contribution < 1.29 is 23.8 Å². The lowest BCUT2D eigenvalue weighted by Crippen LogP contribution is -2.47. The van der Waals surface area contributed by atoms with E-state index in [0.29, 0.717) is 23.6 Å². The number of H-pyrrole nitrogens is 1. The van der Waals surface area contributed by atoms with E-state index in [-0.39, 0.29) is 29.6 Å². The molecule has 46 heavy (non-hydrogen) atoms. The summed E-state index contributed by atoms with van der Waals surface area (Å²) in [6.07, 6.45) is 5.79. The Morgan fingerprint density at radius 3 is 2.48 bits per heavy atom. The number of carbonyl (C=O) groups excluding carboxylic acids is 2. The number of alkyl carbamates (subject to hydrolysis) is 1. The summed E-state index contributed by atoms with van der Waals surface area (Å²) in [5, 5.41) is 16.8.